The van der Waals surface area contributed by atoms with E-state index in [0.29, 0.717) is 64.8 Å². The molecule has 7 nitrogen and oxygen atoms in total. The van der Waals surface area contributed by atoms with Gasteiger partial charge in [0.15, 0.2) is 0 Å². The van der Waals surface area contributed by atoms with Gasteiger partial charge in [-0.25, -0.2) is 0 Å². The van der Waals surface area contributed by atoms with Gasteiger partial charge in [-0.3, -0.25) is 14.4 Å². The smallest absolute Gasteiger partial charge is 0.312 e. The molecular weight excluding hydrogens is 322 g/mol. The van der Waals surface area contributed by atoms with Crippen molar-refractivity contribution in [1.29, 1.82) is 0 Å². The van der Waals surface area contributed by atoms with E-state index in [1.165, 1.54) is 19.3 Å². The van der Waals surface area contributed by atoms with Crippen molar-refractivity contribution in [2.75, 3.05) is 52.5 Å². The maximum Gasteiger partial charge on any atom is 0.312 e. The van der Waals surface area contributed by atoms with E-state index in [1.54, 1.807) is 9.80 Å². The van der Waals surface area contributed by atoms with Gasteiger partial charge in [-0.15, -0.1) is 0 Å². The number of ether oxygens (including phenoxy) is 1. The van der Waals surface area contributed by atoms with E-state index in [-0.39, 0.29) is 5.91 Å². The fourth-order valence-corrected chi connectivity index (χ4v) is 3.96. The van der Waals surface area contributed by atoms with Crippen LogP contribution in [0.1, 0.15) is 38.5 Å². The topological polar surface area (TPSA) is 70.2 Å². The molecule has 140 valence electrons. The molecular formula is C18H29N3O4. The van der Waals surface area contributed by atoms with Gasteiger partial charge in [-0.1, -0.05) is 19.3 Å². The van der Waals surface area contributed by atoms with Gasteiger partial charge < -0.3 is 19.4 Å². The molecule has 3 amide bonds. The van der Waals surface area contributed by atoms with Gasteiger partial charge in [0, 0.05) is 45.7 Å². The number of amides is 3. The summed E-state index contributed by atoms with van der Waals surface area (Å²) in [4.78, 5) is 42.1. The second kappa shape index (κ2) is 8.65. The summed E-state index contributed by atoms with van der Waals surface area (Å²) >= 11 is 0. The number of hydrogen-bond acceptors (Lipinski definition) is 4. The highest BCUT2D eigenvalue weighted by atomic mass is 16.5. The zero-order valence-corrected chi connectivity index (χ0v) is 15.0. The molecule has 3 fully saturated rings. The number of piperazine rings is 1. The van der Waals surface area contributed by atoms with Gasteiger partial charge in [-0.05, 0) is 18.8 Å². The van der Waals surface area contributed by atoms with Crippen molar-refractivity contribution in [2.24, 2.45) is 5.92 Å². The zero-order valence-electron chi connectivity index (χ0n) is 15.0. The van der Waals surface area contributed by atoms with Crippen LogP contribution in [0.3, 0.4) is 0 Å². The highest BCUT2D eigenvalue weighted by molar-refractivity contribution is 6.34. The third-order valence-electron chi connectivity index (χ3n) is 5.59. The Morgan fingerprint density at radius 1 is 0.720 bits per heavy atom. The Morgan fingerprint density at radius 2 is 1.24 bits per heavy atom. The van der Waals surface area contributed by atoms with Gasteiger partial charge in [0.2, 0.25) is 5.91 Å². The zero-order chi connectivity index (χ0) is 17.6. The Morgan fingerprint density at radius 3 is 1.84 bits per heavy atom. The molecule has 2 aliphatic heterocycles. The number of rotatable bonds is 2. The highest BCUT2D eigenvalue weighted by Gasteiger charge is 2.31. The molecule has 1 saturated carbocycles. The fourth-order valence-electron chi connectivity index (χ4n) is 3.96. The first-order valence-electron chi connectivity index (χ1n) is 9.59. The molecule has 0 aromatic carbocycles. The van der Waals surface area contributed by atoms with E-state index in [4.69, 9.17) is 4.74 Å². The molecule has 25 heavy (non-hydrogen) atoms. The second-order valence-electron chi connectivity index (χ2n) is 7.29. The molecule has 1 aliphatic carbocycles. The van der Waals surface area contributed by atoms with Crippen molar-refractivity contribution in [1.82, 2.24) is 14.7 Å². The molecule has 2 heterocycles. The summed E-state index contributed by atoms with van der Waals surface area (Å²) in [6, 6.07) is 0. The summed E-state index contributed by atoms with van der Waals surface area (Å²) in [5.41, 5.74) is 0. The third-order valence-corrected chi connectivity index (χ3v) is 5.59. The van der Waals surface area contributed by atoms with Crippen LogP contribution < -0.4 is 0 Å². The average molecular weight is 351 g/mol. The lowest BCUT2D eigenvalue weighted by molar-refractivity contribution is -0.155. The largest absolute Gasteiger partial charge is 0.378 e. The lowest BCUT2D eigenvalue weighted by Gasteiger charge is -2.36. The third kappa shape index (κ3) is 4.71. The Labute approximate surface area is 149 Å². The molecule has 0 spiro atoms. The lowest BCUT2D eigenvalue weighted by Crippen LogP contribution is -2.55. The summed E-state index contributed by atoms with van der Waals surface area (Å²) in [6.07, 6.45) is 6.74. The molecule has 0 aromatic rings. The summed E-state index contributed by atoms with van der Waals surface area (Å²) in [5, 5.41) is 0. The quantitative estimate of drug-likeness (QED) is 0.679. The predicted molar refractivity (Wildman–Crippen MR) is 91.8 cm³/mol. The second-order valence-corrected chi connectivity index (χ2v) is 7.29. The van der Waals surface area contributed by atoms with Crippen LogP contribution in [0.15, 0.2) is 0 Å². The Bertz CT molecular complexity index is 491. The maximum atomic E-state index is 12.5. The first-order chi connectivity index (χ1) is 12.1. The van der Waals surface area contributed by atoms with Gasteiger partial charge in [0.1, 0.15) is 0 Å². The van der Waals surface area contributed by atoms with E-state index < -0.39 is 11.8 Å². The van der Waals surface area contributed by atoms with E-state index in [0.717, 1.165) is 12.8 Å². The number of nitrogens with zero attached hydrogens (tertiary/aromatic N) is 3. The minimum Gasteiger partial charge on any atom is -0.378 e. The van der Waals surface area contributed by atoms with Crippen molar-refractivity contribution >= 4 is 17.7 Å². The van der Waals surface area contributed by atoms with Gasteiger partial charge >= 0.3 is 11.8 Å². The molecule has 3 aliphatic rings. The van der Waals surface area contributed by atoms with Crippen LogP contribution in [0, 0.1) is 5.92 Å². The van der Waals surface area contributed by atoms with Gasteiger partial charge in [0.25, 0.3) is 0 Å². The van der Waals surface area contributed by atoms with Crippen LogP contribution in [-0.2, 0) is 19.1 Å². The van der Waals surface area contributed by atoms with Crippen LogP contribution in [0.5, 0.6) is 0 Å². The number of carbonyl (C=O) groups excluding carboxylic acids is 3. The van der Waals surface area contributed by atoms with Crippen molar-refractivity contribution in [2.45, 2.75) is 38.5 Å². The first kappa shape index (κ1) is 18.2. The maximum absolute atomic E-state index is 12.5. The summed E-state index contributed by atoms with van der Waals surface area (Å²) < 4.78 is 5.21. The van der Waals surface area contributed by atoms with Crippen LogP contribution in [0.4, 0.5) is 0 Å². The predicted octanol–water partition coefficient (Wildman–Crippen LogP) is 0.486. The molecule has 0 aromatic heterocycles. The molecule has 7 heteroatoms. The van der Waals surface area contributed by atoms with Crippen LogP contribution in [0.2, 0.25) is 0 Å². The molecule has 3 rings (SSSR count). The minimum absolute atomic E-state index is 0.207. The standard InChI is InChI=1S/C18H29N3O4/c22-16(14-15-4-2-1-3-5-15)19-6-8-20(9-7-19)17(23)18(24)21-10-12-25-13-11-21/h15H,1-14H2. The van der Waals surface area contributed by atoms with Crippen LogP contribution in [-0.4, -0.2) is 84.9 Å². The monoisotopic (exact) mass is 351 g/mol. The number of carbonyl (C=O) groups is 3. The van der Waals surface area contributed by atoms with Crippen molar-refractivity contribution < 1.29 is 19.1 Å². The van der Waals surface area contributed by atoms with Crippen molar-refractivity contribution in [3.8, 4) is 0 Å². The van der Waals surface area contributed by atoms with Crippen LogP contribution in [0.25, 0.3) is 0 Å². The van der Waals surface area contributed by atoms with Crippen LogP contribution >= 0.6 is 0 Å². The number of hydrogen-bond donors (Lipinski definition) is 0. The molecule has 0 radical (unpaired) electrons. The molecule has 0 atom stereocenters. The van der Waals surface area contributed by atoms with Gasteiger partial charge in [0.05, 0.1) is 13.2 Å². The Balaban J connectivity index is 1.43. The SMILES string of the molecule is O=C(CC1CCCCC1)N1CCN(C(=O)C(=O)N2CCOCC2)CC1. The number of morpholine rings is 1. The summed E-state index contributed by atoms with van der Waals surface area (Å²) in [6.45, 7) is 3.90. The minimum atomic E-state index is -0.443. The fraction of sp³-hybridized carbons (Fsp3) is 0.833. The molecule has 0 N–H and O–H groups in total. The lowest BCUT2D eigenvalue weighted by atomic mass is 9.86. The average Bonchev–Trinajstić information content (AvgIpc) is 2.68. The molecule has 0 unspecified atom stereocenters. The summed E-state index contributed by atoms with van der Waals surface area (Å²) in [5.74, 6) is -0.145. The van der Waals surface area contributed by atoms with Crippen molar-refractivity contribution in [3.63, 3.8) is 0 Å². The van der Waals surface area contributed by atoms with E-state index in [2.05, 4.69) is 0 Å². The van der Waals surface area contributed by atoms with E-state index in [9.17, 15) is 14.4 Å². The van der Waals surface area contributed by atoms with Crippen molar-refractivity contribution in [3.05, 3.63) is 0 Å². The Kier molecular flexibility index (Phi) is 6.29. The van der Waals surface area contributed by atoms with E-state index >= 15 is 0 Å². The first-order valence-corrected chi connectivity index (χ1v) is 9.59. The highest BCUT2D eigenvalue weighted by Crippen LogP contribution is 2.27. The molecule has 2 saturated heterocycles. The Hall–Kier alpha value is -1.63. The van der Waals surface area contributed by atoms with Gasteiger partial charge in [-0.2, -0.15) is 0 Å². The molecule has 0 bridgehead atoms. The normalized spacial score (nSPS) is 22.8. The van der Waals surface area contributed by atoms with E-state index in [1.807, 2.05) is 4.90 Å². The summed E-state index contributed by atoms with van der Waals surface area (Å²) in [7, 11) is 0.